The van der Waals surface area contributed by atoms with Crippen LogP contribution in [0.25, 0.3) is 0 Å². The summed E-state index contributed by atoms with van der Waals surface area (Å²) in [6, 6.07) is 7.22. The van der Waals surface area contributed by atoms with E-state index in [1.807, 2.05) is 19.1 Å². The molecule has 0 saturated heterocycles. The summed E-state index contributed by atoms with van der Waals surface area (Å²) in [5, 5.41) is 16.5. The number of alkyl halides is 1. The summed E-state index contributed by atoms with van der Waals surface area (Å²) in [6.07, 6.45) is 0. The second kappa shape index (κ2) is 6.43. The van der Waals surface area contributed by atoms with E-state index < -0.39 is 5.97 Å². The third kappa shape index (κ3) is 6.48. The molecule has 14 heavy (non-hydrogen) atoms. The van der Waals surface area contributed by atoms with Crippen LogP contribution in [0.15, 0.2) is 24.3 Å². The molecule has 0 bridgehead atoms. The smallest absolute Gasteiger partial charge is 0.300 e. The van der Waals surface area contributed by atoms with E-state index in [2.05, 4.69) is 15.9 Å². The van der Waals surface area contributed by atoms with E-state index in [9.17, 15) is 0 Å². The van der Waals surface area contributed by atoms with Crippen LogP contribution in [0.5, 0.6) is 5.75 Å². The number of carboxylic acid groups (broad SMARTS) is 1. The van der Waals surface area contributed by atoms with Gasteiger partial charge in [-0.05, 0) is 24.6 Å². The van der Waals surface area contributed by atoms with Crippen LogP contribution in [0.3, 0.4) is 0 Å². The van der Waals surface area contributed by atoms with Gasteiger partial charge in [0.2, 0.25) is 0 Å². The quantitative estimate of drug-likeness (QED) is 0.764. The molecule has 0 aliphatic heterocycles. The largest absolute Gasteiger partial charge is 0.508 e. The Labute approximate surface area is 91.5 Å². The van der Waals surface area contributed by atoms with Crippen LogP contribution in [0, 0.1) is 0 Å². The second-order valence-corrected chi connectivity index (χ2v) is 4.10. The highest BCUT2D eigenvalue weighted by molar-refractivity contribution is 9.09. The fraction of sp³-hybridized carbons (Fsp3) is 0.300. The average molecular weight is 261 g/mol. The average Bonchev–Trinajstić information content (AvgIpc) is 2.03. The van der Waals surface area contributed by atoms with Gasteiger partial charge in [0.1, 0.15) is 5.75 Å². The first kappa shape index (κ1) is 13.0. The van der Waals surface area contributed by atoms with E-state index in [4.69, 9.17) is 15.0 Å². The summed E-state index contributed by atoms with van der Waals surface area (Å²) in [7, 11) is 0. The molecule has 2 N–H and O–H groups in total. The summed E-state index contributed by atoms with van der Waals surface area (Å²) in [6.45, 7) is 3.11. The van der Waals surface area contributed by atoms with E-state index in [0.29, 0.717) is 10.6 Å². The molecule has 78 valence electrons. The van der Waals surface area contributed by atoms with Crippen LogP contribution >= 0.6 is 15.9 Å². The minimum absolute atomic E-state index is 0.305. The molecular formula is C10H13BrO3. The fourth-order valence-electron chi connectivity index (χ4n) is 0.772. The molecule has 1 aromatic rings. The van der Waals surface area contributed by atoms with Crippen LogP contribution in [-0.2, 0) is 4.79 Å². The van der Waals surface area contributed by atoms with Crippen LogP contribution in [0.4, 0.5) is 0 Å². The molecule has 0 amide bonds. The zero-order valence-electron chi connectivity index (χ0n) is 8.07. The van der Waals surface area contributed by atoms with Crippen molar-refractivity contribution in [2.24, 2.45) is 0 Å². The number of aliphatic carboxylic acids is 1. The maximum Gasteiger partial charge on any atom is 0.300 e. The summed E-state index contributed by atoms with van der Waals surface area (Å²) >= 11 is 3.41. The molecule has 0 saturated carbocycles. The standard InChI is InChI=1S/C8H9BrO.C2H4O2/c1-6(9)7-3-2-4-8(10)5-7;1-2(3)4/h2-6,10H,1H3;1H3,(H,3,4). The number of rotatable bonds is 1. The van der Waals surface area contributed by atoms with Crippen molar-refractivity contribution < 1.29 is 15.0 Å². The summed E-state index contributed by atoms with van der Waals surface area (Å²) < 4.78 is 0. The first-order valence-corrected chi connectivity index (χ1v) is 4.97. The Bertz CT molecular complexity index is 293. The van der Waals surface area contributed by atoms with E-state index in [0.717, 1.165) is 12.5 Å². The highest BCUT2D eigenvalue weighted by Crippen LogP contribution is 2.23. The molecule has 0 aliphatic carbocycles. The highest BCUT2D eigenvalue weighted by atomic mass is 79.9. The molecule has 4 heteroatoms. The van der Waals surface area contributed by atoms with Gasteiger partial charge in [-0.1, -0.05) is 28.1 Å². The Morgan fingerprint density at radius 3 is 2.29 bits per heavy atom. The van der Waals surface area contributed by atoms with Crippen molar-refractivity contribution >= 4 is 21.9 Å². The van der Waals surface area contributed by atoms with Gasteiger partial charge in [0, 0.05) is 11.8 Å². The third-order valence-corrected chi connectivity index (χ3v) is 1.86. The number of aromatic hydroxyl groups is 1. The first-order valence-electron chi connectivity index (χ1n) is 4.06. The number of carboxylic acids is 1. The minimum Gasteiger partial charge on any atom is -0.508 e. The molecule has 0 aromatic heterocycles. The Morgan fingerprint density at radius 1 is 1.50 bits per heavy atom. The van der Waals surface area contributed by atoms with Crippen molar-refractivity contribution in [2.45, 2.75) is 18.7 Å². The number of carbonyl (C=O) groups is 1. The van der Waals surface area contributed by atoms with Gasteiger partial charge in [-0.2, -0.15) is 0 Å². The van der Waals surface area contributed by atoms with Crippen LogP contribution in [-0.4, -0.2) is 16.2 Å². The van der Waals surface area contributed by atoms with E-state index >= 15 is 0 Å². The van der Waals surface area contributed by atoms with Gasteiger partial charge >= 0.3 is 0 Å². The lowest BCUT2D eigenvalue weighted by molar-refractivity contribution is -0.134. The fourth-order valence-corrected chi connectivity index (χ4v) is 1.06. The summed E-state index contributed by atoms with van der Waals surface area (Å²) in [5.41, 5.74) is 1.10. The van der Waals surface area contributed by atoms with Crippen molar-refractivity contribution in [3.05, 3.63) is 29.8 Å². The molecule has 1 atom stereocenters. The maximum atomic E-state index is 9.04. The molecule has 0 spiro atoms. The van der Waals surface area contributed by atoms with Crippen molar-refractivity contribution in [3.63, 3.8) is 0 Å². The third-order valence-electron chi connectivity index (χ3n) is 1.33. The predicted octanol–water partition coefficient (Wildman–Crippen LogP) is 2.94. The Kier molecular flexibility index (Phi) is 5.95. The van der Waals surface area contributed by atoms with Crippen molar-refractivity contribution in [1.82, 2.24) is 0 Å². The van der Waals surface area contributed by atoms with Gasteiger partial charge < -0.3 is 10.2 Å². The second-order valence-electron chi connectivity index (χ2n) is 2.73. The molecule has 1 unspecified atom stereocenters. The number of hydrogen-bond donors (Lipinski definition) is 2. The predicted molar refractivity (Wildman–Crippen MR) is 58.8 cm³/mol. The number of halogens is 1. The van der Waals surface area contributed by atoms with E-state index in [1.165, 1.54) is 0 Å². The number of benzene rings is 1. The van der Waals surface area contributed by atoms with Crippen LogP contribution in [0.2, 0.25) is 0 Å². The van der Waals surface area contributed by atoms with Crippen molar-refractivity contribution in [2.75, 3.05) is 0 Å². The van der Waals surface area contributed by atoms with Gasteiger partial charge in [0.25, 0.3) is 5.97 Å². The monoisotopic (exact) mass is 260 g/mol. The van der Waals surface area contributed by atoms with Gasteiger partial charge in [0.05, 0.1) is 0 Å². The molecule has 0 fully saturated rings. The molecular weight excluding hydrogens is 248 g/mol. The normalized spacial score (nSPS) is 11.1. The van der Waals surface area contributed by atoms with Gasteiger partial charge in [-0.15, -0.1) is 0 Å². The molecule has 0 aliphatic rings. The number of hydrogen-bond acceptors (Lipinski definition) is 2. The lowest BCUT2D eigenvalue weighted by Gasteiger charge is -2.02. The highest BCUT2D eigenvalue weighted by Gasteiger charge is 1.99. The minimum atomic E-state index is -0.833. The molecule has 1 rings (SSSR count). The van der Waals surface area contributed by atoms with Gasteiger partial charge in [-0.3, -0.25) is 4.79 Å². The van der Waals surface area contributed by atoms with Crippen molar-refractivity contribution in [3.8, 4) is 5.75 Å². The molecule has 0 radical (unpaired) electrons. The zero-order valence-corrected chi connectivity index (χ0v) is 9.65. The number of phenols is 1. The summed E-state index contributed by atoms with van der Waals surface area (Å²) in [5.74, 6) is -0.510. The van der Waals surface area contributed by atoms with E-state index in [-0.39, 0.29) is 0 Å². The van der Waals surface area contributed by atoms with Crippen LogP contribution < -0.4 is 0 Å². The lowest BCUT2D eigenvalue weighted by atomic mass is 10.2. The summed E-state index contributed by atoms with van der Waals surface area (Å²) in [4.78, 5) is 9.31. The number of phenolic OH excluding ortho intramolecular Hbond substituents is 1. The molecule has 0 heterocycles. The SMILES string of the molecule is CC(=O)O.CC(Br)c1cccc(O)c1. The Morgan fingerprint density at radius 2 is 2.00 bits per heavy atom. The zero-order chi connectivity index (χ0) is 11.1. The lowest BCUT2D eigenvalue weighted by Crippen LogP contribution is -1.80. The van der Waals surface area contributed by atoms with Gasteiger partial charge in [-0.25, -0.2) is 0 Å². The maximum absolute atomic E-state index is 9.04. The van der Waals surface area contributed by atoms with Gasteiger partial charge in [0.15, 0.2) is 0 Å². The Hall–Kier alpha value is -1.03. The van der Waals surface area contributed by atoms with Crippen molar-refractivity contribution in [1.29, 1.82) is 0 Å². The molecule has 3 nitrogen and oxygen atoms in total. The Balaban J connectivity index is 0.000000364. The molecule has 1 aromatic carbocycles. The van der Waals surface area contributed by atoms with E-state index in [1.54, 1.807) is 12.1 Å². The van der Waals surface area contributed by atoms with Crippen LogP contribution in [0.1, 0.15) is 24.2 Å². The first-order chi connectivity index (χ1) is 6.43. The topological polar surface area (TPSA) is 57.5 Å².